The van der Waals surface area contributed by atoms with Crippen LogP contribution in [0.4, 0.5) is 0 Å². The first kappa shape index (κ1) is 30.0. The summed E-state index contributed by atoms with van der Waals surface area (Å²) < 4.78 is 18.2. The average Bonchev–Trinajstić information content (AvgIpc) is 2.96. The Morgan fingerprint density at radius 2 is 1.47 bits per heavy atom. The fourth-order valence-corrected chi connectivity index (χ4v) is 4.77. The van der Waals surface area contributed by atoms with Crippen LogP contribution in [-0.2, 0) is 14.2 Å². The Hall–Kier alpha value is -2.51. The number of unbranched alkanes of at least 4 members (excludes halogenated alkanes) is 7. The van der Waals surface area contributed by atoms with E-state index in [4.69, 9.17) is 19.2 Å². The Labute approximate surface area is 228 Å². The summed E-state index contributed by atoms with van der Waals surface area (Å²) in [5.74, 6) is 0. The van der Waals surface area contributed by atoms with E-state index in [-0.39, 0.29) is 6.61 Å². The molecule has 1 aliphatic rings. The molecule has 1 heterocycles. The second-order valence-corrected chi connectivity index (χ2v) is 9.83. The van der Waals surface area contributed by atoms with Gasteiger partial charge in [-0.1, -0.05) is 119 Å². The summed E-state index contributed by atoms with van der Waals surface area (Å²) in [4.78, 5) is 5.13. The molecule has 1 aliphatic heterocycles. The van der Waals surface area contributed by atoms with Crippen molar-refractivity contribution in [3.8, 4) is 0 Å². The Balaban J connectivity index is 1.83. The van der Waals surface area contributed by atoms with Gasteiger partial charge in [0.05, 0.1) is 18.6 Å². The number of nitrogens with zero attached hydrogens (tertiary/aromatic N) is 1. The average molecular weight is 524 g/mol. The summed E-state index contributed by atoms with van der Waals surface area (Å²) in [5.41, 5.74) is 2.66. The molecule has 0 bridgehead atoms. The highest BCUT2D eigenvalue weighted by Gasteiger charge is 2.47. The number of hydrogen-bond acceptors (Lipinski definition) is 6. The van der Waals surface area contributed by atoms with E-state index >= 15 is 0 Å². The molecule has 0 spiro atoms. The predicted molar refractivity (Wildman–Crippen MR) is 152 cm³/mol. The Bertz CT molecular complexity index is 907. The van der Waals surface area contributed by atoms with E-state index in [1.165, 1.54) is 38.5 Å². The van der Waals surface area contributed by atoms with Crippen molar-refractivity contribution < 1.29 is 24.4 Å². The molecule has 2 N–H and O–H groups in total. The van der Waals surface area contributed by atoms with E-state index in [0.29, 0.717) is 6.61 Å². The van der Waals surface area contributed by atoms with Crippen LogP contribution in [0.15, 0.2) is 78.0 Å². The number of aliphatic imine (C=N–C) groups is 1. The third-order valence-corrected chi connectivity index (χ3v) is 6.85. The van der Waals surface area contributed by atoms with Crippen molar-refractivity contribution in [3.05, 3.63) is 84.1 Å². The molecule has 2 aromatic carbocycles. The maximum absolute atomic E-state index is 11.2. The van der Waals surface area contributed by atoms with Crippen molar-refractivity contribution in [2.24, 2.45) is 4.99 Å². The normalized spacial score (nSPS) is 23.4. The van der Waals surface area contributed by atoms with E-state index in [1.54, 1.807) is 12.3 Å². The second-order valence-electron chi connectivity index (χ2n) is 9.83. The largest absolute Gasteiger partial charge is 0.470 e. The van der Waals surface area contributed by atoms with Gasteiger partial charge < -0.3 is 24.4 Å². The third-order valence-electron chi connectivity index (χ3n) is 6.85. The predicted octanol–water partition coefficient (Wildman–Crippen LogP) is 6.05. The van der Waals surface area contributed by atoms with Crippen LogP contribution in [0.3, 0.4) is 0 Å². The highest BCUT2D eigenvalue weighted by Crippen LogP contribution is 2.29. The van der Waals surface area contributed by atoms with Crippen molar-refractivity contribution in [1.82, 2.24) is 0 Å². The monoisotopic (exact) mass is 523 g/mol. The van der Waals surface area contributed by atoms with Crippen molar-refractivity contribution in [2.75, 3.05) is 13.2 Å². The lowest BCUT2D eigenvalue weighted by Crippen LogP contribution is -2.59. The van der Waals surface area contributed by atoms with Crippen LogP contribution in [0.2, 0.25) is 0 Å². The summed E-state index contributed by atoms with van der Waals surface area (Å²) >= 11 is 0. The lowest BCUT2D eigenvalue weighted by molar-refractivity contribution is -0.258. The van der Waals surface area contributed by atoms with Crippen molar-refractivity contribution in [3.63, 3.8) is 0 Å². The molecular formula is C32H45NO5. The maximum atomic E-state index is 11.2. The summed E-state index contributed by atoms with van der Waals surface area (Å²) in [6.07, 6.45) is 9.53. The maximum Gasteiger partial charge on any atom is 0.224 e. The van der Waals surface area contributed by atoms with E-state index in [1.807, 2.05) is 67.6 Å². The van der Waals surface area contributed by atoms with Crippen molar-refractivity contribution in [2.45, 2.75) is 95.9 Å². The van der Waals surface area contributed by atoms with Gasteiger partial charge in [0, 0.05) is 17.7 Å². The minimum absolute atomic E-state index is 0.338. The summed E-state index contributed by atoms with van der Waals surface area (Å²) in [6, 6.07) is 19.3. The third kappa shape index (κ3) is 9.05. The molecule has 5 atom stereocenters. The number of allylic oxidation sites excluding steroid dienone is 1. The van der Waals surface area contributed by atoms with Crippen LogP contribution in [0.5, 0.6) is 0 Å². The minimum Gasteiger partial charge on any atom is -0.470 e. The van der Waals surface area contributed by atoms with E-state index in [9.17, 15) is 10.2 Å². The van der Waals surface area contributed by atoms with Gasteiger partial charge in [-0.25, -0.2) is 0 Å². The van der Waals surface area contributed by atoms with Gasteiger partial charge in [0.1, 0.15) is 24.4 Å². The first-order valence-corrected chi connectivity index (χ1v) is 14.2. The molecule has 3 rings (SSSR count). The fraction of sp³-hybridized carbons (Fsp3) is 0.531. The van der Waals surface area contributed by atoms with Crippen LogP contribution >= 0.6 is 0 Å². The van der Waals surface area contributed by atoms with Gasteiger partial charge in [0.25, 0.3) is 0 Å². The number of ether oxygens (including phenoxy) is 3. The molecular weight excluding hydrogens is 478 g/mol. The molecule has 38 heavy (non-hydrogen) atoms. The standard InChI is InChI=1S/C32H45NO5/c1-3-5-6-7-8-9-10-17-23-36-31-29(32(37-22-4-2)38-27(24-34)30(31)35)33-28(25-18-13-11-14-19-25)26-20-15-12-16-21-26/h4,11-16,18-22,27,29-32,34-35H,3,5-10,17,23-24H2,1-2H3/b22-4-/t27-,29-,30-,31-,32+/m1/s1. The van der Waals surface area contributed by atoms with Gasteiger partial charge in [0.2, 0.25) is 6.29 Å². The SMILES string of the molecule is C/C=C\O[C@H]1O[C@H](CO)[C@@H](O)[C@H](OCCCCCCCCCC)[C@H]1N=C(c1ccccc1)c1ccccc1. The van der Waals surface area contributed by atoms with Crippen LogP contribution in [-0.4, -0.2) is 59.8 Å². The van der Waals surface area contributed by atoms with Gasteiger partial charge in [-0.3, -0.25) is 4.99 Å². The minimum atomic E-state index is -1.04. The molecule has 2 aromatic rings. The molecule has 1 saturated heterocycles. The van der Waals surface area contributed by atoms with Gasteiger partial charge in [-0.05, 0) is 13.3 Å². The molecule has 0 aliphatic carbocycles. The zero-order valence-electron chi connectivity index (χ0n) is 23.0. The quantitative estimate of drug-likeness (QED) is 0.159. The number of rotatable bonds is 16. The number of benzene rings is 2. The molecule has 0 radical (unpaired) electrons. The van der Waals surface area contributed by atoms with E-state index in [0.717, 1.165) is 29.7 Å². The van der Waals surface area contributed by atoms with Gasteiger partial charge >= 0.3 is 0 Å². The number of aliphatic hydroxyl groups excluding tert-OH is 2. The molecule has 208 valence electrons. The number of aliphatic hydroxyl groups is 2. The highest BCUT2D eigenvalue weighted by molar-refractivity contribution is 6.13. The number of hydrogen-bond donors (Lipinski definition) is 2. The molecule has 6 heteroatoms. The first-order chi connectivity index (χ1) is 18.7. The fourth-order valence-electron chi connectivity index (χ4n) is 4.77. The lowest BCUT2D eigenvalue weighted by Gasteiger charge is -2.42. The Kier molecular flexibility index (Phi) is 13.6. The van der Waals surface area contributed by atoms with E-state index in [2.05, 4.69) is 6.92 Å². The molecule has 0 amide bonds. The molecule has 1 fully saturated rings. The van der Waals surface area contributed by atoms with Crippen LogP contribution in [0.1, 0.15) is 76.3 Å². The highest BCUT2D eigenvalue weighted by atomic mass is 16.7. The van der Waals surface area contributed by atoms with Gasteiger partial charge in [-0.15, -0.1) is 0 Å². The summed E-state index contributed by atoms with van der Waals surface area (Å²) in [7, 11) is 0. The Morgan fingerprint density at radius 3 is 2.03 bits per heavy atom. The topological polar surface area (TPSA) is 80.5 Å². The van der Waals surface area contributed by atoms with Crippen molar-refractivity contribution >= 4 is 5.71 Å². The van der Waals surface area contributed by atoms with Crippen LogP contribution in [0.25, 0.3) is 0 Å². The summed E-state index contributed by atoms with van der Waals surface area (Å²) in [6.45, 7) is 4.25. The van der Waals surface area contributed by atoms with Gasteiger partial charge in [-0.2, -0.15) is 0 Å². The van der Waals surface area contributed by atoms with Crippen molar-refractivity contribution in [1.29, 1.82) is 0 Å². The van der Waals surface area contributed by atoms with Crippen LogP contribution in [0, 0.1) is 0 Å². The first-order valence-electron chi connectivity index (χ1n) is 14.2. The smallest absolute Gasteiger partial charge is 0.224 e. The molecule has 0 unspecified atom stereocenters. The zero-order chi connectivity index (χ0) is 27.0. The Morgan fingerprint density at radius 1 is 0.895 bits per heavy atom. The lowest BCUT2D eigenvalue weighted by atomic mass is 9.95. The van der Waals surface area contributed by atoms with E-state index < -0.39 is 30.6 Å². The molecule has 0 saturated carbocycles. The second kappa shape index (κ2) is 17.2. The van der Waals surface area contributed by atoms with Crippen LogP contribution < -0.4 is 0 Å². The summed E-state index contributed by atoms with van der Waals surface area (Å²) in [5, 5.41) is 21.1. The molecule has 0 aromatic heterocycles. The van der Waals surface area contributed by atoms with Gasteiger partial charge in [0.15, 0.2) is 0 Å². The molecule has 6 nitrogen and oxygen atoms in total. The zero-order valence-corrected chi connectivity index (χ0v) is 23.0.